The van der Waals surface area contributed by atoms with Gasteiger partial charge in [-0.25, -0.2) is 0 Å². The maximum absolute atomic E-state index is 12.8. The predicted molar refractivity (Wildman–Crippen MR) is 136 cm³/mol. The second kappa shape index (κ2) is 12.7. The van der Waals surface area contributed by atoms with Crippen LogP contribution in [0.3, 0.4) is 0 Å². The molecular formula is C27H39N3O4. The molecule has 0 radical (unpaired) electrons. The molecule has 0 N–H and O–H groups in total. The van der Waals surface area contributed by atoms with E-state index in [2.05, 4.69) is 60.3 Å². The number of nitrogens with zero attached hydrogens (tertiary/aromatic N) is 3. The van der Waals surface area contributed by atoms with Gasteiger partial charge in [-0.3, -0.25) is 9.69 Å². The molecule has 0 unspecified atom stereocenters. The van der Waals surface area contributed by atoms with Crippen molar-refractivity contribution in [3.05, 3.63) is 59.7 Å². The number of likely N-dealkylation sites (tertiary alicyclic amines) is 1. The van der Waals surface area contributed by atoms with Crippen molar-refractivity contribution in [1.29, 1.82) is 0 Å². The summed E-state index contributed by atoms with van der Waals surface area (Å²) in [6.45, 7) is 4.49. The monoisotopic (exact) mass is 469 g/mol. The lowest BCUT2D eigenvalue weighted by molar-refractivity contribution is -0.136. The van der Waals surface area contributed by atoms with Crippen LogP contribution >= 0.6 is 0 Å². The fraction of sp³-hybridized carbons (Fsp3) is 0.519. The molecule has 1 saturated heterocycles. The molecule has 7 heteroatoms. The van der Waals surface area contributed by atoms with Gasteiger partial charge in [0.25, 0.3) is 0 Å². The number of para-hydroxylation sites is 1. The Morgan fingerprint density at radius 3 is 2.38 bits per heavy atom. The summed E-state index contributed by atoms with van der Waals surface area (Å²) in [7, 11) is 9.05. The molecule has 0 aromatic heterocycles. The molecular weight excluding hydrogens is 430 g/mol. The van der Waals surface area contributed by atoms with Gasteiger partial charge in [0.15, 0.2) is 0 Å². The summed E-state index contributed by atoms with van der Waals surface area (Å²) in [5, 5.41) is 0. The zero-order valence-electron chi connectivity index (χ0n) is 21.2. The first-order valence-electron chi connectivity index (χ1n) is 11.8. The van der Waals surface area contributed by atoms with Gasteiger partial charge in [-0.05, 0) is 35.2 Å². The Balaban J connectivity index is 1.82. The molecule has 0 saturated carbocycles. The highest BCUT2D eigenvalue weighted by Crippen LogP contribution is 2.38. The van der Waals surface area contributed by atoms with Crippen molar-refractivity contribution < 1.29 is 19.0 Å². The number of anilines is 1. The van der Waals surface area contributed by atoms with Crippen LogP contribution in [0.4, 0.5) is 5.69 Å². The van der Waals surface area contributed by atoms with Gasteiger partial charge in [0.1, 0.15) is 12.4 Å². The largest absolute Gasteiger partial charge is 0.496 e. The first-order chi connectivity index (χ1) is 16.5. The van der Waals surface area contributed by atoms with Crippen LogP contribution < -0.4 is 9.64 Å². The molecule has 186 valence electrons. The first-order valence-corrected chi connectivity index (χ1v) is 11.8. The number of carbonyl (C=O) groups excluding carboxylic acids is 1. The van der Waals surface area contributed by atoms with E-state index in [-0.39, 0.29) is 24.3 Å². The maximum atomic E-state index is 12.8. The van der Waals surface area contributed by atoms with E-state index in [1.165, 1.54) is 16.8 Å². The summed E-state index contributed by atoms with van der Waals surface area (Å²) in [5.41, 5.74) is 3.68. The van der Waals surface area contributed by atoms with E-state index in [1.807, 2.05) is 17.0 Å². The third kappa shape index (κ3) is 6.72. The topological polar surface area (TPSA) is 54.5 Å². The van der Waals surface area contributed by atoms with E-state index >= 15 is 0 Å². The lowest BCUT2D eigenvalue weighted by Crippen LogP contribution is -2.41. The molecule has 0 bridgehead atoms. The van der Waals surface area contributed by atoms with Crippen molar-refractivity contribution in [2.45, 2.75) is 12.5 Å². The van der Waals surface area contributed by atoms with Crippen molar-refractivity contribution in [2.24, 2.45) is 5.92 Å². The molecule has 34 heavy (non-hydrogen) atoms. The highest BCUT2D eigenvalue weighted by atomic mass is 16.5. The smallest absolute Gasteiger partial charge is 0.248 e. The number of benzene rings is 2. The van der Waals surface area contributed by atoms with Crippen LogP contribution in [0.5, 0.6) is 5.75 Å². The molecule has 3 rings (SSSR count). The molecule has 7 nitrogen and oxygen atoms in total. The van der Waals surface area contributed by atoms with Crippen LogP contribution in [-0.4, -0.2) is 90.5 Å². The Morgan fingerprint density at radius 2 is 1.74 bits per heavy atom. The average Bonchev–Trinajstić information content (AvgIpc) is 3.23. The molecule has 0 spiro atoms. The zero-order valence-corrected chi connectivity index (χ0v) is 21.2. The van der Waals surface area contributed by atoms with Crippen molar-refractivity contribution in [1.82, 2.24) is 9.80 Å². The Morgan fingerprint density at radius 1 is 1.00 bits per heavy atom. The predicted octanol–water partition coefficient (Wildman–Crippen LogP) is 3.10. The Hall–Kier alpha value is -2.61. The molecule has 1 amide bonds. The third-order valence-corrected chi connectivity index (χ3v) is 6.55. The Bertz CT molecular complexity index is 903. The quantitative estimate of drug-likeness (QED) is 0.476. The lowest BCUT2D eigenvalue weighted by Gasteiger charge is -2.29. The van der Waals surface area contributed by atoms with E-state index in [1.54, 1.807) is 21.3 Å². The Kier molecular flexibility index (Phi) is 9.74. The minimum absolute atomic E-state index is 0.00366. The fourth-order valence-electron chi connectivity index (χ4n) is 4.77. The van der Waals surface area contributed by atoms with E-state index in [0.29, 0.717) is 19.7 Å². The fourth-order valence-corrected chi connectivity index (χ4v) is 4.77. The number of hydrogen-bond donors (Lipinski definition) is 0. The number of rotatable bonds is 12. The van der Waals surface area contributed by atoms with Gasteiger partial charge in [0.2, 0.25) is 5.91 Å². The summed E-state index contributed by atoms with van der Waals surface area (Å²) < 4.78 is 16.1. The number of hydrogen-bond acceptors (Lipinski definition) is 6. The van der Waals surface area contributed by atoms with Crippen molar-refractivity contribution in [2.75, 3.05) is 79.7 Å². The van der Waals surface area contributed by atoms with E-state index in [0.717, 1.165) is 25.4 Å². The third-order valence-electron chi connectivity index (χ3n) is 6.55. The second-order valence-electron chi connectivity index (χ2n) is 9.13. The second-order valence-corrected chi connectivity index (χ2v) is 9.13. The average molecular weight is 470 g/mol. The highest BCUT2D eigenvalue weighted by molar-refractivity contribution is 5.77. The Labute approximate surface area is 204 Å². The van der Waals surface area contributed by atoms with Gasteiger partial charge in [0.05, 0.1) is 13.7 Å². The van der Waals surface area contributed by atoms with E-state index < -0.39 is 0 Å². The van der Waals surface area contributed by atoms with Gasteiger partial charge in [-0.15, -0.1) is 0 Å². The van der Waals surface area contributed by atoms with Crippen LogP contribution in [0.15, 0.2) is 48.5 Å². The summed E-state index contributed by atoms with van der Waals surface area (Å²) in [6.07, 6.45) is 0. The van der Waals surface area contributed by atoms with Crippen molar-refractivity contribution >= 4 is 11.6 Å². The summed E-state index contributed by atoms with van der Waals surface area (Å²) >= 11 is 0. The number of amides is 1. The number of methoxy groups -OCH3 is 3. The standard InChI is InChI=1S/C27H39N3O4/c1-28(2)23-12-10-21(11-13-23)16-29-17-22(18-30(14-15-32-3)27(31)20-33-4)25(19-29)24-8-6-7-9-26(24)34-5/h6-13,22,25H,14-20H2,1-5H3/t22-,25-/m0/s1. The SMILES string of the molecule is COCCN(C[C@@H]1CN(Cc2ccc(N(C)C)cc2)C[C@@H]1c1ccccc1OC)C(=O)COC. The lowest BCUT2D eigenvalue weighted by atomic mass is 9.88. The maximum Gasteiger partial charge on any atom is 0.248 e. The van der Waals surface area contributed by atoms with Gasteiger partial charge in [-0.2, -0.15) is 0 Å². The van der Waals surface area contributed by atoms with Crippen LogP contribution in [0.1, 0.15) is 17.0 Å². The number of ether oxygens (including phenoxy) is 3. The first kappa shape index (κ1) is 26.0. The molecule has 2 aromatic carbocycles. The van der Waals surface area contributed by atoms with Crippen LogP contribution in [0, 0.1) is 5.92 Å². The van der Waals surface area contributed by atoms with Gasteiger partial charge < -0.3 is 24.0 Å². The van der Waals surface area contributed by atoms with Gasteiger partial charge >= 0.3 is 0 Å². The minimum atomic E-state index is -0.00366. The van der Waals surface area contributed by atoms with Gasteiger partial charge in [0, 0.05) is 72.6 Å². The van der Waals surface area contributed by atoms with E-state index in [4.69, 9.17) is 14.2 Å². The normalized spacial score (nSPS) is 18.1. The van der Waals surface area contributed by atoms with Crippen molar-refractivity contribution in [3.63, 3.8) is 0 Å². The molecule has 1 aliphatic heterocycles. The van der Waals surface area contributed by atoms with Gasteiger partial charge in [-0.1, -0.05) is 30.3 Å². The van der Waals surface area contributed by atoms with Crippen molar-refractivity contribution in [3.8, 4) is 5.75 Å². The molecule has 1 heterocycles. The van der Waals surface area contributed by atoms with Crippen LogP contribution in [-0.2, 0) is 20.8 Å². The minimum Gasteiger partial charge on any atom is -0.496 e. The van der Waals surface area contributed by atoms with Crippen LogP contribution in [0.25, 0.3) is 0 Å². The number of carbonyl (C=O) groups is 1. The van der Waals surface area contributed by atoms with E-state index in [9.17, 15) is 4.79 Å². The molecule has 0 aliphatic carbocycles. The zero-order chi connectivity index (χ0) is 24.5. The summed E-state index contributed by atoms with van der Waals surface area (Å²) in [5.74, 6) is 1.44. The summed E-state index contributed by atoms with van der Waals surface area (Å²) in [4.78, 5) is 19.2. The van der Waals surface area contributed by atoms with Crippen LogP contribution in [0.2, 0.25) is 0 Å². The molecule has 1 aliphatic rings. The molecule has 1 fully saturated rings. The summed E-state index contributed by atoms with van der Waals surface area (Å²) in [6, 6.07) is 17.0. The highest BCUT2D eigenvalue weighted by Gasteiger charge is 2.37. The molecule has 2 atom stereocenters. The molecule has 2 aromatic rings.